The van der Waals surface area contributed by atoms with E-state index in [0.717, 1.165) is 26.2 Å². The van der Waals surface area contributed by atoms with Crippen molar-refractivity contribution in [1.82, 2.24) is 14.5 Å². The molecule has 2 aromatic carbocycles. The molecule has 0 unspecified atom stereocenters. The summed E-state index contributed by atoms with van der Waals surface area (Å²) in [7, 11) is 1.34. The molecule has 1 aliphatic carbocycles. The van der Waals surface area contributed by atoms with Gasteiger partial charge >= 0.3 is 5.97 Å². The fourth-order valence-corrected chi connectivity index (χ4v) is 5.31. The van der Waals surface area contributed by atoms with Gasteiger partial charge in [-0.15, -0.1) is 0 Å². The van der Waals surface area contributed by atoms with Gasteiger partial charge in [0.15, 0.2) is 0 Å². The molecular weight excluding hydrogens is 452 g/mol. The summed E-state index contributed by atoms with van der Waals surface area (Å²) in [4.78, 5) is 35.4. The lowest BCUT2D eigenvalue weighted by Crippen LogP contribution is -2.52. The first-order valence-electron chi connectivity index (χ1n) is 12.0. The number of piperazine rings is 1. The second-order valence-electron chi connectivity index (χ2n) is 9.07. The summed E-state index contributed by atoms with van der Waals surface area (Å²) < 4.78 is 6.52. The molecule has 1 saturated heterocycles. The molecule has 0 radical (unpaired) electrons. The highest BCUT2D eigenvalue weighted by Crippen LogP contribution is 2.26. The van der Waals surface area contributed by atoms with E-state index in [0.29, 0.717) is 39.2 Å². The number of rotatable bonds is 4. The number of carbonyl (C=O) groups is 1. The summed E-state index contributed by atoms with van der Waals surface area (Å²) in [6.45, 7) is 3.47. The van der Waals surface area contributed by atoms with Gasteiger partial charge in [-0.2, -0.15) is 0 Å². The van der Waals surface area contributed by atoms with Crippen molar-refractivity contribution in [2.75, 3.05) is 38.2 Å². The van der Waals surface area contributed by atoms with Crippen molar-refractivity contribution in [2.45, 2.75) is 38.1 Å². The molecule has 2 aliphatic rings. The first-order valence-corrected chi connectivity index (χ1v) is 12.3. The van der Waals surface area contributed by atoms with Crippen molar-refractivity contribution >= 4 is 34.4 Å². The minimum absolute atomic E-state index is 0.173. The molecule has 0 N–H and O–H groups in total. The third kappa shape index (κ3) is 4.42. The Bertz CT molecular complexity index is 1240. The molecule has 8 heteroatoms. The van der Waals surface area contributed by atoms with E-state index in [1.54, 1.807) is 34.9 Å². The molecule has 7 nitrogen and oxygen atoms in total. The molecule has 0 atom stereocenters. The van der Waals surface area contributed by atoms with Gasteiger partial charge in [0.2, 0.25) is 5.95 Å². The van der Waals surface area contributed by atoms with Crippen LogP contribution in [0.4, 0.5) is 5.95 Å². The number of anilines is 1. The van der Waals surface area contributed by atoms with Gasteiger partial charge in [-0.3, -0.25) is 9.69 Å². The third-order valence-electron chi connectivity index (χ3n) is 7.05. The van der Waals surface area contributed by atoms with Crippen LogP contribution in [0.1, 0.15) is 42.5 Å². The number of hydrogen-bond acceptors (Lipinski definition) is 6. The Hall–Kier alpha value is -2.90. The van der Waals surface area contributed by atoms with Crippen molar-refractivity contribution in [3.8, 4) is 5.69 Å². The number of nitrogens with zero attached hydrogens (tertiary/aromatic N) is 4. The summed E-state index contributed by atoms with van der Waals surface area (Å²) >= 11 is 6.11. The van der Waals surface area contributed by atoms with Crippen molar-refractivity contribution < 1.29 is 9.53 Å². The maximum Gasteiger partial charge on any atom is 0.337 e. The quantitative estimate of drug-likeness (QED) is 0.519. The fourth-order valence-electron chi connectivity index (χ4n) is 5.19. The molecule has 0 spiro atoms. The molecule has 5 rings (SSSR count). The first kappa shape index (κ1) is 22.9. The number of benzene rings is 2. The van der Waals surface area contributed by atoms with Crippen LogP contribution in [-0.4, -0.2) is 59.8 Å². The highest BCUT2D eigenvalue weighted by atomic mass is 35.5. The van der Waals surface area contributed by atoms with Gasteiger partial charge in [0.25, 0.3) is 5.56 Å². The number of fused-ring (bicyclic) bond motifs is 1. The van der Waals surface area contributed by atoms with E-state index in [1.165, 1.54) is 39.2 Å². The smallest absolute Gasteiger partial charge is 0.337 e. The summed E-state index contributed by atoms with van der Waals surface area (Å²) in [5.74, 6) is 0.137. The number of halogens is 1. The molecule has 2 heterocycles. The predicted octanol–water partition coefficient (Wildman–Crippen LogP) is 4.28. The Morgan fingerprint density at radius 1 is 1.00 bits per heavy atom. The second-order valence-corrected chi connectivity index (χ2v) is 9.50. The van der Waals surface area contributed by atoms with Crippen molar-refractivity contribution in [3.05, 3.63) is 63.4 Å². The highest BCUT2D eigenvalue weighted by molar-refractivity contribution is 6.30. The average Bonchev–Trinajstić information content (AvgIpc) is 2.89. The summed E-state index contributed by atoms with van der Waals surface area (Å²) in [6.07, 6.45) is 6.53. The number of methoxy groups -OCH3 is 1. The van der Waals surface area contributed by atoms with Crippen molar-refractivity contribution in [1.29, 1.82) is 0 Å². The fraction of sp³-hybridized carbons (Fsp3) is 0.423. The summed E-state index contributed by atoms with van der Waals surface area (Å²) in [6, 6.07) is 12.8. The number of hydrogen-bond donors (Lipinski definition) is 0. The minimum Gasteiger partial charge on any atom is -0.465 e. The van der Waals surface area contributed by atoms with Crippen LogP contribution < -0.4 is 10.5 Å². The largest absolute Gasteiger partial charge is 0.465 e. The van der Waals surface area contributed by atoms with Crippen LogP contribution in [0.25, 0.3) is 16.6 Å². The normalized spacial score (nSPS) is 17.8. The Morgan fingerprint density at radius 2 is 1.71 bits per heavy atom. The minimum atomic E-state index is -0.451. The zero-order chi connectivity index (χ0) is 23.7. The molecule has 2 fully saturated rings. The first-order chi connectivity index (χ1) is 16.5. The maximum absolute atomic E-state index is 13.7. The molecule has 1 aliphatic heterocycles. The molecule has 3 aromatic rings. The predicted molar refractivity (Wildman–Crippen MR) is 134 cm³/mol. The number of ether oxygens (including phenoxy) is 1. The van der Waals surface area contributed by atoms with E-state index in [1.807, 2.05) is 12.1 Å². The molecule has 1 aromatic heterocycles. The lowest BCUT2D eigenvalue weighted by atomic mass is 9.94. The van der Waals surface area contributed by atoms with Gasteiger partial charge in [-0.25, -0.2) is 14.3 Å². The average molecular weight is 481 g/mol. The molecule has 34 heavy (non-hydrogen) atoms. The Labute approximate surface area is 203 Å². The van der Waals surface area contributed by atoms with E-state index >= 15 is 0 Å². The molecule has 0 bridgehead atoms. The molecule has 0 amide bonds. The van der Waals surface area contributed by atoms with Gasteiger partial charge in [0.05, 0.1) is 29.3 Å². The van der Waals surface area contributed by atoms with Crippen LogP contribution in [0.15, 0.2) is 47.3 Å². The van der Waals surface area contributed by atoms with Crippen LogP contribution in [0.5, 0.6) is 0 Å². The van der Waals surface area contributed by atoms with Gasteiger partial charge < -0.3 is 9.64 Å². The summed E-state index contributed by atoms with van der Waals surface area (Å²) in [5.41, 5.74) is 1.40. The van der Waals surface area contributed by atoms with Gasteiger partial charge in [0, 0.05) is 37.2 Å². The van der Waals surface area contributed by atoms with E-state index in [9.17, 15) is 9.59 Å². The Morgan fingerprint density at radius 3 is 2.38 bits per heavy atom. The number of carbonyl (C=O) groups excluding carboxylic acids is 1. The molecular formula is C26H29ClN4O3. The molecule has 1 saturated carbocycles. The lowest BCUT2D eigenvalue weighted by molar-refractivity contribution is 0.0601. The standard InChI is InChI=1S/C26H29ClN4O3/c1-34-25(33)18-7-12-22-23(17-18)28-26(31(24(22)32)21-10-8-19(27)9-11-21)30-15-13-29(14-16-30)20-5-3-2-4-6-20/h7-12,17,20H,2-6,13-16H2,1H3. The van der Waals surface area contributed by atoms with Gasteiger partial charge in [-0.05, 0) is 55.3 Å². The Kier molecular flexibility index (Phi) is 6.57. The van der Waals surface area contributed by atoms with Gasteiger partial charge in [-0.1, -0.05) is 30.9 Å². The van der Waals surface area contributed by atoms with Crippen LogP contribution in [0.2, 0.25) is 5.02 Å². The SMILES string of the molecule is COC(=O)c1ccc2c(=O)n(-c3ccc(Cl)cc3)c(N3CCN(C4CCCCC4)CC3)nc2c1. The van der Waals surface area contributed by atoms with Crippen molar-refractivity contribution in [2.24, 2.45) is 0 Å². The second kappa shape index (κ2) is 9.76. The monoisotopic (exact) mass is 480 g/mol. The van der Waals surface area contributed by atoms with Crippen molar-refractivity contribution in [3.63, 3.8) is 0 Å². The topological polar surface area (TPSA) is 67.7 Å². The van der Waals surface area contributed by atoms with Crippen LogP contribution >= 0.6 is 11.6 Å². The number of aromatic nitrogens is 2. The third-order valence-corrected chi connectivity index (χ3v) is 7.30. The zero-order valence-electron chi connectivity index (χ0n) is 19.4. The molecule has 178 valence electrons. The van der Waals surface area contributed by atoms with Crippen LogP contribution in [0.3, 0.4) is 0 Å². The maximum atomic E-state index is 13.7. The van der Waals surface area contributed by atoms with Crippen LogP contribution in [0, 0.1) is 0 Å². The van der Waals surface area contributed by atoms with Crippen LogP contribution in [-0.2, 0) is 4.74 Å². The van der Waals surface area contributed by atoms with Gasteiger partial charge in [0.1, 0.15) is 0 Å². The number of esters is 1. The van der Waals surface area contributed by atoms with E-state index < -0.39 is 5.97 Å². The highest BCUT2D eigenvalue weighted by Gasteiger charge is 2.28. The van der Waals surface area contributed by atoms with E-state index in [4.69, 9.17) is 21.3 Å². The summed E-state index contributed by atoms with van der Waals surface area (Å²) in [5, 5.41) is 1.06. The Balaban J connectivity index is 1.55. The van der Waals surface area contributed by atoms with E-state index in [2.05, 4.69) is 9.80 Å². The van der Waals surface area contributed by atoms with E-state index in [-0.39, 0.29) is 5.56 Å². The lowest BCUT2D eigenvalue weighted by Gasteiger charge is -2.41. The zero-order valence-corrected chi connectivity index (χ0v) is 20.1.